The maximum Gasteiger partial charge on any atom is 0.149 e. The highest BCUT2D eigenvalue weighted by molar-refractivity contribution is 5.98. The number of benzene rings is 7. The van der Waals surface area contributed by atoms with Crippen LogP contribution < -0.4 is 0 Å². The molecule has 9 rings (SSSR count). The molecule has 0 fully saturated rings. The fourth-order valence-electron chi connectivity index (χ4n) is 8.13. The molecule has 0 aliphatic carbocycles. The first-order valence-corrected chi connectivity index (χ1v) is 21.3. The van der Waals surface area contributed by atoms with Gasteiger partial charge in [-0.1, -0.05) is 177 Å². The first kappa shape index (κ1) is 29.3. The quantitative estimate of drug-likeness (QED) is 0.174. The summed E-state index contributed by atoms with van der Waals surface area (Å²) in [5.74, 6) is 0.661. The van der Waals surface area contributed by atoms with E-state index in [4.69, 9.17) is 27.8 Å². The molecule has 7 aromatic carbocycles. The number of imidazole rings is 1. The zero-order valence-corrected chi connectivity index (χ0v) is 36.7. The normalized spacial score (nSPS) is 15.8. The van der Waals surface area contributed by atoms with Crippen molar-refractivity contribution in [3.63, 3.8) is 0 Å². The summed E-state index contributed by atoms with van der Waals surface area (Å²) in [4.78, 5) is 10.2. The Labute approximate surface area is 397 Å². The number of aromatic hydroxyl groups is 1. The van der Waals surface area contributed by atoms with Crippen LogP contribution in [0.2, 0.25) is 0 Å². The molecule has 2 aromatic heterocycles. The predicted molar refractivity (Wildman–Crippen MR) is 269 cm³/mol. The first-order chi connectivity index (χ1) is 36.0. The van der Waals surface area contributed by atoms with Gasteiger partial charge in [-0.2, -0.15) is 0 Å². The summed E-state index contributed by atoms with van der Waals surface area (Å²) in [7, 11) is 0. The smallest absolute Gasteiger partial charge is 0.149 e. The highest BCUT2D eigenvalue weighted by Gasteiger charge is 2.29. The van der Waals surface area contributed by atoms with Crippen LogP contribution in [0.3, 0.4) is 0 Å². The van der Waals surface area contributed by atoms with E-state index in [-0.39, 0.29) is 22.3 Å². The van der Waals surface area contributed by atoms with Gasteiger partial charge in [0.15, 0.2) is 0 Å². The topological polar surface area (TPSA) is 50.9 Å². The van der Waals surface area contributed by atoms with Crippen LogP contribution in [-0.4, -0.2) is 19.6 Å². The Morgan fingerprint density at radius 2 is 1.12 bits per heavy atom. The Kier molecular flexibility index (Phi) is 7.46. The lowest BCUT2D eigenvalue weighted by atomic mass is 9.79. The number of phenols is 1. The third-order valence-electron chi connectivity index (χ3n) is 11.6. The van der Waals surface area contributed by atoms with Crippen LogP contribution in [0, 0.1) is 0 Å². The zero-order valence-electron chi connectivity index (χ0n) is 49.7. The van der Waals surface area contributed by atoms with Gasteiger partial charge in [-0.15, -0.1) is 0 Å². The molecular formula is C60H57N3O. The molecule has 4 heteroatoms. The van der Waals surface area contributed by atoms with E-state index in [1.54, 1.807) is 6.07 Å². The number of pyridine rings is 1. The first-order valence-electron chi connectivity index (χ1n) is 27.8. The monoisotopic (exact) mass is 849 g/mol. The fourth-order valence-corrected chi connectivity index (χ4v) is 8.13. The summed E-state index contributed by atoms with van der Waals surface area (Å²) in [6.45, 7) is 1.23. The van der Waals surface area contributed by atoms with Crippen molar-refractivity contribution in [1.82, 2.24) is 14.5 Å². The zero-order chi connectivity index (χ0) is 55.9. The van der Waals surface area contributed by atoms with Gasteiger partial charge >= 0.3 is 0 Å². The lowest BCUT2D eigenvalue weighted by Crippen LogP contribution is -2.17. The van der Waals surface area contributed by atoms with Crippen molar-refractivity contribution in [2.45, 2.75) is 78.3 Å². The second-order valence-electron chi connectivity index (χ2n) is 18.4. The van der Waals surface area contributed by atoms with E-state index in [0.29, 0.717) is 28.2 Å². The third kappa shape index (κ3) is 8.29. The maximum atomic E-state index is 12.4. The Balaban J connectivity index is 1.28. The molecule has 0 bridgehead atoms. The van der Waals surface area contributed by atoms with E-state index in [1.807, 2.05) is 84.9 Å². The van der Waals surface area contributed by atoms with Gasteiger partial charge in [-0.3, -0.25) is 9.55 Å². The molecule has 0 amide bonds. The van der Waals surface area contributed by atoms with Gasteiger partial charge in [-0.25, -0.2) is 4.98 Å². The Morgan fingerprint density at radius 1 is 0.500 bits per heavy atom. The number of fused-ring (bicyclic) bond motifs is 1. The molecular weight excluding hydrogens is 779 g/mol. The number of hydrogen-bond donors (Lipinski definition) is 1. The fraction of sp³-hybridized carbons (Fsp3) is 0.200. The number of rotatable bonds is 7. The van der Waals surface area contributed by atoms with Gasteiger partial charge in [0.2, 0.25) is 0 Å². The van der Waals surface area contributed by atoms with Gasteiger partial charge in [0.25, 0.3) is 0 Å². The highest BCUT2D eigenvalue weighted by Crippen LogP contribution is 2.45. The maximum absolute atomic E-state index is 12.4. The molecule has 4 nitrogen and oxygen atoms in total. The van der Waals surface area contributed by atoms with Crippen molar-refractivity contribution in [3.8, 4) is 78.6 Å². The van der Waals surface area contributed by atoms with Crippen LogP contribution in [0.4, 0.5) is 0 Å². The molecule has 0 spiro atoms. The summed E-state index contributed by atoms with van der Waals surface area (Å²) in [6.07, 6.45) is 1.43. The summed E-state index contributed by atoms with van der Waals surface area (Å²) < 4.78 is 113. The summed E-state index contributed by atoms with van der Waals surface area (Å²) in [6, 6.07) is 43.2. The number of phenolic OH excluding ortho intramolecular Hbond substituents is 1. The molecule has 0 aliphatic rings. The molecule has 0 saturated carbocycles. The molecule has 0 aliphatic heterocycles. The van der Waals surface area contributed by atoms with Gasteiger partial charge in [0.1, 0.15) is 11.6 Å². The Bertz CT molecular complexity index is 3650. The van der Waals surface area contributed by atoms with Gasteiger partial charge < -0.3 is 5.11 Å². The average molecular weight is 849 g/mol. The molecule has 0 unspecified atom stereocenters. The molecule has 2 heterocycles. The number of para-hydroxylation sites is 1. The predicted octanol–water partition coefficient (Wildman–Crippen LogP) is 16.0. The van der Waals surface area contributed by atoms with Gasteiger partial charge in [0.05, 0.1) is 27.8 Å². The molecule has 1 N–H and O–H groups in total. The van der Waals surface area contributed by atoms with E-state index in [0.717, 1.165) is 55.7 Å². The van der Waals surface area contributed by atoms with E-state index in [2.05, 4.69) is 94.6 Å². The van der Waals surface area contributed by atoms with Crippen LogP contribution in [0.5, 0.6) is 5.75 Å². The van der Waals surface area contributed by atoms with Crippen LogP contribution >= 0.6 is 0 Å². The Hall–Kier alpha value is -7.04. The minimum atomic E-state index is -3.81. The molecule has 64 heavy (non-hydrogen) atoms. The van der Waals surface area contributed by atoms with Gasteiger partial charge in [-0.05, 0) is 121 Å². The van der Waals surface area contributed by atoms with Crippen molar-refractivity contribution in [2.75, 3.05) is 0 Å². The average Bonchev–Trinajstić information content (AvgIpc) is 3.87. The molecule has 0 atom stereocenters. The third-order valence-corrected chi connectivity index (χ3v) is 11.6. The van der Waals surface area contributed by atoms with Crippen LogP contribution in [0.15, 0.2) is 176 Å². The number of aromatic nitrogens is 3. The largest absolute Gasteiger partial charge is 0.507 e. The summed E-state index contributed by atoms with van der Waals surface area (Å²) >= 11 is 0. The van der Waals surface area contributed by atoms with E-state index in [9.17, 15) is 5.11 Å². The Morgan fingerprint density at radius 3 is 1.77 bits per heavy atom. The van der Waals surface area contributed by atoms with Crippen LogP contribution in [0.1, 0.15) is 96.6 Å². The minimum absolute atomic E-state index is 0.128. The van der Waals surface area contributed by atoms with E-state index in [1.165, 1.54) is 12.3 Å². The summed E-state index contributed by atoms with van der Waals surface area (Å²) in [5.41, 5.74) is 4.90. The van der Waals surface area contributed by atoms with Crippen molar-refractivity contribution < 1.29 is 22.9 Å². The van der Waals surface area contributed by atoms with Crippen molar-refractivity contribution >= 4 is 11.0 Å². The van der Waals surface area contributed by atoms with Gasteiger partial charge in [0, 0.05) is 40.9 Å². The second kappa shape index (κ2) is 16.3. The highest BCUT2D eigenvalue weighted by atomic mass is 16.3. The SMILES string of the molecule is [2H]c1c([2H])c(C(C([2H])([2H])[2H])(C([2H])([2H])[2H])C([2H])([2H])[2H])c([2H])c([2H])c1-c1ccnc(-c2cc(-c3ccccc3)cc(-c3cccc4c3nc(-c3cc(C(C)(C)C)cc(C(C)(C)C)c3O)n4-c3ccc(-c4ccccc4)cc3)c2)c1. The molecule has 0 radical (unpaired) electrons. The van der Waals surface area contributed by atoms with Crippen molar-refractivity contribution in [3.05, 3.63) is 193 Å². The van der Waals surface area contributed by atoms with E-state index < -0.39 is 61.1 Å². The van der Waals surface area contributed by atoms with Crippen molar-refractivity contribution in [1.29, 1.82) is 0 Å². The van der Waals surface area contributed by atoms with Crippen LogP contribution in [-0.2, 0) is 16.2 Å². The second-order valence-corrected chi connectivity index (χ2v) is 18.4. The van der Waals surface area contributed by atoms with Crippen molar-refractivity contribution in [2.24, 2.45) is 0 Å². The molecule has 318 valence electrons. The molecule has 0 saturated heterocycles. The van der Waals surface area contributed by atoms with Crippen LogP contribution in [0.25, 0.3) is 83.9 Å². The number of nitrogens with zero attached hydrogens (tertiary/aromatic N) is 3. The standard InChI is InChI=1S/C60H57N3O/c1-58(2,3)47-27-23-42(24-28-47)43-31-32-61-53(36-43)46-34-44(40-19-14-11-15-20-40)33-45(35-46)50-21-16-22-54-55(50)62-57(51-37-48(59(4,5)6)38-52(56(51)64)60(7,8)9)63(54)49-29-25-41(26-30-49)39-17-12-10-13-18-39/h10-38,64H,1-9H3/i1D3,2D3,3D3,23D,24D,27D,28D. The lowest BCUT2D eigenvalue weighted by molar-refractivity contribution is 0.446. The molecule has 9 aromatic rings. The van der Waals surface area contributed by atoms with E-state index >= 15 is 0 Å². The lowest BCUT2D eigenvalue weighted by Gasteiger charge is -2.27. The minimum Gasteiger partial charge on any atom is -0.507 e. The summed E-state index contributed by atoms with van der Waals surface area (Å²) in [5, 5.41) is 12.4. The number of hydrogen-bond acceptors (Lipinski definition) is 3.